The second kappa shape index (κ2) is 8.35. The van der Waals surface area contributed by atoms with Crippen molar-refractivity contribution >= 4 is 11.7 Å². The molecule has 0 aliphatic carbocycles. The number of alkyl carbamates (subject to hydrolysis) is 1. The number of nitrogens with zero attached hydrogens (tertiary/aromatic N) is 3. The van der Waals surface area contributed by atoms with Crippen LogP contribution in [-0.4, -0.2) is 33.6 Å². The van der Waals surface area contributed by atoms with Crippen LogP contribution in [0.5, 0.6) is 5.88 Å². The fourth-order valence-corrected chi connectivity index (χ4v) is 2.64. The molecular weight excluding hydrogens is 344 g/mol. The average Bonchev–Trinajstić information content (AvgIpc) is 3.15. The summed E-state index contributed by atoms with van der Waals surface area (Å²) in [4.78, 5) is 20.5. The second-order valence-electron chi connectivity index (χ2n) is 5.89. The van der Waals surface area contributed by atoms with Gasteiger partial charge in [-0.05, 0) is 25.5 Å². The largest absolute Gasteiger partial charge is 0.471 e. The van der Waals surface area contributed by atoms with Crippen molar-refractivity contribution in [3.05, 3.63) is 61.1 Å². The first-order valence-electron chi connectivity index (χ1n) is 8.74. The predicted octanol–water partition coefficient (Wildman–Crippen LogP) is 3.77. The van der Waals surface area contributed by atoms with Gasteiger partial charge in [-0.25, -0.2) is 14.8 Å². The maximum Gasteiger partial charge on any atom is 0.407 e. The van der Waals surface area contributed by atoms with Gasteiger partial charge in [0.25, 0.3) is 5.88 Å². The van der Waals surface area contributed by atoms with E-state index in [4.69, 9.17) is 9.47 Å². The topological polar surface area (TPSA) is 77.8 Å². The quantitative estimate of drug-likeness (QED) is 0.644. The minimum Gasteiger partial charge on any atom is -0.471 e. The van der Waals surface area contributed by atoms with Gasteiger partial charge in [0.2, 0.25) is 5.65 Å². The van der Waals surface area contributed by atoms with Crippen LogP contribution in [0.4, 0.5) is 4.79 Å². The van der Waals surface area contributed by atoms with Crippen molar-refractivity contribution in [2.24, 2.45) is 0 Å². The van der Waals surface area contributed by atoms with Crippen LogP contribution in [0.1, 0.15) is 25.5 Å². The van der Waals surface area contributed by atoms with E-state index in [9.17, 15) is 4.79 Å². The first-order valence-corrected chi connectivity index (χ1v) is 8.74. The van der Waals surface area contributed by atoms with Gasteiger partial charge in [-0.1, -0.05) is 30.9 Å². The van der Waals surface area contributed by atoms with Crippen LogP contribution >= 0.6 is 0 Å². The number of amides is 1. The van der Waals surface area contributed by atoms with Crippen molar-refractivity contribution < 1.29 is 14.3 Å². The Morgan fingerprint density at radius 1 is 1.44 bits per heavy atom. The van der Waals surface area contributed by atoms with Gasteiger partial charge in [-0.3, -0.25) is 0 Å². The highest BCUT2D eigenvalue weighted by atomic mass is 16.6. The van der Waals surface area contributed by atoms with Crippen LogP contribution in [0.15, 0.2) is 55.5 Å². The molecule has 0 saturated carbocycles. The molecule has 0 unspecified atom stereocenters. The zero-order valence-corrected chi connectivity index (χ0v) is 15.4. The Bertz CT molecular complexity index is 951. The van der Waals surface area contributed by atoms with E-state index in [2.05, 4.69) is 21.9 Å². The predicted molar refractivity (Wildman–Crippen MR) is 103 cm³/mol. The van der Waals surface area contributed by atoms with Crippen molar-refractivity contribution in [3.8, 4) is 17.1 Å². The average molecular weight is 366 g/mol. The summed E-state index contributed by atoms with van der Waals surface area (Å²) in [6, 6.07) is 7.72. The lowest BCUT2D eigenvalue weighted by Crippen LogP contribution is -2.24. The second-order valence-corrected chi connectivity index (χ2v) is 5.89. The van der Waals surface area contributed by atoms with Gasteiger partial charge in [-0.15, -0.1) is 0 Å². The molecule has 1 atom stereocenters. The van der Waals surface area contributed by atoms with Crippen molar-refractivity contribution in [3.63, 3.8) is 0 Å². The molecule has 2 aromatic heterocycles. The maximum atomic E-state index is 11.7. The molecule has 27 heavy (non-hydrogen) atoms. The fraction of sp³-hybridized carbons (Fsp3) is 0.250. The summed E-state index contributed by atoms with van der Waals surface area (Å²) in [6.45, 7) is 8.21. The summed E-state index contributed by atoms with van der Waals surface area (Å²) in [5.74, 6) is 0.439. The molecule has 0 aliphatic heterocycles. The van der Waals surface area contributed by atoms with Gasteiger partial charge >= 0.3 is 6.09 Å². The van der Waals surface area contributed by atoms with E-state index >= 15 is 0 Å². The number of carbonyl (C=O) groups excluding carboxylic acids is 1. The van der Waals surface area contributed by atoms with Crippen LogP contribution in [0.2, 0.25) is 0 Å². The first-order chi connectivity index (χ1) is 13.1. The Labute approximate surface area is 157 Å². The van der Waals surface area contributed by atoms with E-state index < -0.39 is 6.09 Å². The molecule has 1 amide bonds. The monoisotopic (exact) mass is 366 g/mol. The van der Waals surface area contributed by atoms with E-state index in [1.165, 1.54) is 0 Å². The molecule has 0 spiro atoms. The molecule has 7 heteroatoms. The molecule has 0 aliphatic rings. The van der Waals surface area contributed by atoms with Crippen LogP contribution in [0, 0.1) is 0 Å². The summed E-state index contributed by atoms with van der Waals surface area (Å²) in [6.07, 6.45) is 6.26. The van der Waals surface area contributed by atoms with E-state index in [1.54, 1.807) is 12.3 Å². The van der Waals surface area contributed by atoms with Crippen LogP contribution in [-0.2, 0) is 4.74 Å². The Balaban J connectivity index is 1.92. The van der Waals surface area contributed by atoms with Gasteiger partial charge in [0.1, 0.15) is 12.7 Å². The maximum absolute atomic E-state index is 11.7. The Kier molecular flexibility index (Phi) is 5.71. The summed E-state index contributed by atoms with van der Waals surface area (Å²) in [7, 11) is 0. The van der Waals surface area contributed by atoms with Crippen LogP contribution in [0.25, 0.3) is 16.9 Å². The summed E-state index contributed by atoms with van der Waals surface area (Å²) in [5.41, 5.74) is 3.13. The highest BCUT2D eigenvalue weighted by Crippen LogP contribution is 2.26. The number of rotatable bonds is 7. The number of carbonyl (C=O) groups is 1. The first kappa shape index (κ1) is 18.4. The number of hydrogen-bond donors (Lipinski definition) is 1. The van der Waals surface area contributed by atoms with Crippen LogP contribution < -0.4 is 10.1 Å². The van der Waals surface area contributed by atoms with E-state index in [0.29, 0.717) is 24.7 Å². The highest BCUT2D eigenvalue weighted by molar-refractivity contribution is 5.68. The van der Waals surface area contributed by atoms with Gasteiger partial charge in [0.05, 0.1) is 5.69 Å². The SMILES string of the molecule is C=CCOc1nc(-c2cccc([C@@H](C)OC(=O)NCC)c2)cn2ccnc12. The smallest absolute Gasteiger partial charge is 0.407 e. The standard InChI is InChI=1S/C20H22N4O3/c1-4-11-26-19-18-22-9-10-24(18)13-17(23-19)16-8-6-7-15(12-16)14(3)27-20(25)21-5-2/h4,6-10,12-14H,1,5,11H2,2-3H3,(H,21,25)/t14-/m1/s1. The van der Waals surface area contributed by atoms with Crippen LogP contribution in [0.3, 0.4) is 0 Å². The molecule has 3 rings (SSSR count). The number of aromatic nitrogens is 3. The van der Waals surface area contributed by atoms with Gasteiger partial charge in [-0.2, -0.15) is 0 Å². The van der Waals surface area contributed by atoms with Crippen molar-refractivity contribution in [2.45, 2.75) is 20.0 Å². The molecule has 140 valence electrons. The number of fused-ring (bicyclic) bond motifs is 1. The molecule has 0 radical (unpaired) electrons. The third-order valence-corrected chi connectivity index (χ3v) is 3.94. The molecule has 2 heterocycles. The number of benzene rings is 1. The molecule has 1 aromatic carbocycles. The van der Waals surface area contributed by atoms with Gasteiger partial charge < -0.3 is 19.2 Å². The zero-order valence-electron chi connectivity index (χ0n) is 15.4. The lowest BCUT2D eigenvalue weighted by molar-refractivity contribution is 0.107. The Hall–Kier alpha value is -3.35. The Morgan fingerprint density at radius 2 is 2.30 bits per heavy atom. The summed E-state index contributed by atoms with van der Waals surface area (Å²) >= 11 is 0. The number of nitrogens with one attached hydrogen (secondary N) is 1. The normalized spacial score (nSPS) is 11.8. The fourth-order valence-electron chi connectivity index (χ4n) is 2.64. The summed E-state index contributed by atoms with van der Waals surface area (Å²) in [5, 5.41) is 2.63. The minimum atomic E-state index is -0.437. The number of imidazole rings is 1. The van der Waals surface area contributed by atoms with E-state index in [0.717, 1.165) is 16.8 Å². The molecular formula is C20H22N4O3. The van der Waals surface area contributed by atoms with Gasteiger partial charge in [0.15, 0.2) is 0 Å². The van der Waals surface area contributed by atoms with Crippen molar-refractivity contribution in [1.29, 1.82) is 0 Å². The minimum absolute atomic E-state index is 0.344. The lowest BCUT2D eigenvalue weighted by Gasteiger charge is -2.15. The van der Waals surface area contributed by atoms with E-state index in [1.807, 2.05) is 54.9 Å². The molecule has 0 bridgehead atoms. The van der Waals surface area contributed by atoms with Crippen molar-refractivity contribution in [1.82, 2.24) is 19.7 Å². The van der Waals surface area contributed by atoms with Gasteiger partial charge in [0, 0.05) is 30.7 Å². The molecule has 1 N–H and O–H groups in total. The molecule has 3 aromatic rings. The highest BCUT2D eigenvalue weighted by Gasteiger charge is 2.14. The van der Waals surface area contributed by atoms with Crippen molar-refractivity contribution in [2.75, 3.05) is 13.2 Å². The molecule has 0 saturated heterocycles. The summed E-state index contributed by atoms with van der Waals surface area (Å²) < 4.78 is 12.9. The zero-order chi connectivity index (χ0) is 19.2. The lowest BCUT2D eigenvalue weighted by atomic mass is 10.1. The molecule has 7 nitrogen and oxygen atoms in total. The number of ether oxygens (including phenoxy) is 2. The molecule has 0 fully saturated rings. The third kappa shape index (κ3) is 4.25. The third-order valence-electron chi connectivity index (χ3n) is 3.94. The number of hydrogen-bond acceptors (Lipinski definition) is 5. The van der Waals surface area contributed by atoms with E-state index in [-0.39, 0.29) is 6.10 Å². The Morgan fingerprint density at radius 3 is 3.07 bits per heavy atom.